The van der Waals surface area contributed by atoms with Crippen molar-refractivity contribution in [2.75, 3.05) is 38.2 Å². The highest BCUT2D eigenvalue weighted by atomic mass is 19.3. The summed E-state index contributed by atoms with van der Waals surface area (Å²) < 4.78 is 57.5. The Morgan fingerprint density at radius 2 is 1.95 bits per heavy atom. The molecule has 0 bridgehead atoms. The monoisotopic (exact) mass is 548 g/mol. The quantitative estimate of drug-likeness (QED) is 0.184. The highest BCUT2D eigenvalue weighted by Gasteiger charge is 2.26. The van der Waals surface area contributed by atoms with Crippen LogP contribution in [-0.4, -0.2) is 96.4 Å². The molecule has 38 heavy (non-hydrogen) atoms. The van der Waals surface area contributed by atoms with Crippen molar-refractivity contribution < 1.29 is 36.9 Å². The molecule has 214 valence electrons. The number of carbonyl (C=O) groups excluding carboxylic acids is 1. The lowest BCUT2D eigenvalue weighted by atomic mass is 9.88. The summed E-state index contributed by atoms with van der Waals surface area (Å²) in [5, 5.41) is 15.6. The van der Waals surface area contributed by atoms with Crippen molar-refractivity contribution in [2.24, 2.45) is 10.9 Å². The predicted molar refractivity (Wildman–Crippen MR) is 132 cm³/mol. The van der Waals surface area contributed by atoms with Gasteiger partial charge in [0.25, 0.3) is 5.91 Å². The number of aromatic nitrogens is 2. The van der Waals surface area contributed by atoms with E-state index in [1.165, 1.54) is 6.20 Å². The maximum Gasteiger partial charge on any atom is 0.345 e. The SMILES string of the molecule is C[C@@H](COC(F)F)Nc1ncc(C(=O)N[C@H]2CCN(CCCOC(F)F)C2)c(N=CC2CCC(O)CC2)n1. The summed E-state index contributed by atoms with van der Waals surface area (Å²) in [6.07, 6.45) is 6.82. The van der Waals surface area contributed by atoms with Crippen LogP contribution in [0.5, 0.6) is 0 Å². The Kier molecular flexibility index (Phi) is 12.1. The average molecular weight is 549 g/mol. The van der Waals surface area contributed by atoms with Gasteiger partial charge in [-0.1, -0.05) is 0 Å². The number of nitrogens with zero attached hydrogens (tertiary/aromatic N) is 4. The Balaban J connectivity index is 1.63. The van der Waals surface area contributed by atoms with Crippen molar-refractivity contribution in [3.8, 4) is 0 Å². The first-order chi connectivity index (χ1) is 18.2. The number of aliphatic hydroxyl groups is 1. The van der Waals surface area contributed by atoms with Crippen LogP contribution in [0.3, 0.4) is 0 Å². The van der Waals surface area contributed by atoms with E-state index in [4.69, 9.17) is 0 Å². The molecule has 0 aromatic carbocycles. The van der Waals surface area contributed by atoms with Crippen LogP contribution in [-0.2, 0) is 9.47 Å². The summed E-state index contributed by atoms with van der Waals surface area (Å²) >= 11 is 0. The second-order valence-corrected chi connectivity index (χ2v) is 9.66. The van der Waals surface area contributed by atoms with Crippen LogP contribution in [0.15, 0.2) is 11.2 Å². The number of hydrogen-bond acceptors (Lipinski definition) is 9. The fraction of sp³-hybridized carbons (Fsp3) is 0.750. The molecule has 1 aliphatic heterocycles. The van der Waals surface area contributed by atoms with E-state index in [1.807, 2.05) is 0 Å². The molecule has 3 N–H and O–H groups in total. The zero-order valence-electron chi connectivity index (χ0n) is 21.4. The fourth-order valence-electron chi connectivity index (χ4n) is 4.48. The number of likely N-dealkylation sites (tertiary alicyclic amines) is 1. The largest absolute Gasteiger partial charge is 0.393 e. The number of halogens is 4. The Morgan fingerprint density at radius 3 is 2.66 bits per heavy atom. The van der Waals surface area contributed by atoms with E-state index in [2.05, 4.69) is 40.0 Å². The second kappa shape index (κ2) is 15.2. The van der Waals surface area contributed by atoms with Gasteiger partial charge in [0.15, 0.2) is 5.82 Å². The highest BCUT2D eigenvalue weighted by molar-refractivity contribution is 5.98. The van der Waals surface area contributed by atoms with E-state index in [-0.39, 0.29) is 48.6 Å². The highest BCUT2D eigenvalue weighted by Crippen LogP contribution is 2.25. The van der Waals surface area contributed by atoms with E-state index in [0.29, 0.717) is 38.8 Å². The minimum Gasteiger partial charge on any atom is -0.393 e. The van der Waals surface area contributed by atoms with Gasteiger partial charge in [0.05, 0.1) is 19.3 Å². The Labute approximate surface area is 219 Å². The van der Waals surface area contributed by atoms with Crippen molar-refractivity contribution in [1.82, 2.24) is 20.2 Å². The zero-order valence-corrected chi connectivity index (χ0v) is 21.4. The summed E-state index contributed by atoms with van der Waals surface area (Å²) in [5.74, 6) is 0.00418. The number of anilines is 1. The lowest BCUT2D eigenvalue weighted by molar-refractivity contribution is -0.130. The number of aliphatic hydroxyl groups excluding tert-OH is 1. The Morgan fingerprint density at radius 1 is 1.21 bits per heavy atom. The number of alkyl halides is 4. The molecule has 10 nitrogen and oxygen atoms in total. The molecule has 1 aromatic rings. The van der Waals surface area contributed by atoms with Gasteiger partial charge in [0.2, 0.25) is 5.95 Å². The fourth-order valence-corrected chi connectivity index (χ4v) is 4.48. The van der Waals surface area contributed by atoms with E-state index in [0.717, 1.165) is 19.4 Å². The van der Waals surface area contributed by atoms with E-state index >= 15 is 0 Å². The van der Waals surface area contributed by atoms with E-state index in [1.54, 1.807) is 13.1 Å². The van der Waals surface area contributed by atoms with Crippen LogP contribution >= 0.6 is 0 Å². The first kappa shape index (κ1) is 30.1. The van der Waals surface area contributed by atoms with Gasteiger partial charge in [-0.15, -0.1) is 0 Å². The van der Waals surface area contributed by atoms with Crippen LogP contribution in [0, 0.1) is 5.92 Å². The third-order valence-corrected chi connectivity index (χ3v) is 6.48. The molecule has 0 spiro atoms. The lowest BCUT2D eigenvalue weighted by Crippen LogP contribution is -2.37. The molecule has 2 aliphatic rings. The van der Waals surface area contributed by atoms with Gasteiger partial charge in [-0.2, -0.15) is 22.5 Å². The number of aliphatic imine (C=N–C) groups is 1. The normalized spacial score (nSPS) is 23.4. The van der Waals surface area contributed by atoms with Crippen molar-refractivity contribution in [3.05, 3.63) is 11.8 Å². The molecule has 1 aliphatic carbocycles. The molecule has 1 aromatic heterocycles. The average Bonchev–Trinajstić information content (AvgIpc) is 3.32. The number of amides is 1. The zero-order chi connectivity index (χ0) is 27.5. The second-order valence-electron chi connectivity index (χ2n) is 9.66. The van der Waals surface area contributed by atoms with Gasteiger partial charge >= 0.3 is 13.2 Å². The van der Waals surface area contributed by atoms with Gasteiger partial charge in [-0.3, -0.25) is 4.79 Å². The van der Waals surface area contributed by atoms with Gasteiger partial charge in [-0.25, -0.2) is 9.98 Å². The lowest BCUT2D eigenvalue weighted by Gasteiger charge is -2.22. The molecule has 2 fully saturated rings. The number of carbonyl (C=O) groups is 1. The minimum atomic E-state index is -2.89. The maximum atomic E-state index is 13.1. The summed E-state index contributed by atoms with van der Waals surface area (Å²) in [6, 6.07) is -0.657. The number of hydrogen-bond donors (Lipinski definition) is 3. The predicted octanol–water partition coefficient (Wildman–Crippen LogP) is 3.20. The summed E-state index contributed by atoms with van der Waals surface area (Å²) in [5.41, 5.74) is 0.169. The molecule has 1 saturated carbocycles. The van der Waals surface area contributed by atoms with Crippen molar-refractivity contribution >= 4 is 23.9 Å². The van der Waals surface area contributed by atoms with E-state index < -0.39 is 25.2 Å². The van der Waals surface area contributed by atoms with Crippen LogP contribution in [0.1, 0.15) is 55.8 Å². The third kappa shape index (κ3) is 10.4. The number of ether oxygens (including phenoxy) is 2. The first-order valence-corrected chi connectivity index (χ1v) is 12.9. The van der Waals surface area contributed by atoms with Crippen LogP contribution in [0.2, 0.25) is 0 Å². The summed E-state index contributed by atoms with van der Waals surface area (Å²) in [6.45, 7) is -2.45. The molecule has 14 heteroatoms. The molecule has 1 amide bonds. The molecular weight excluding hydrogens is 512 g/mol. The molecule has 2 atom stereocenters. The van der Waals surface area contributed by atoms with Crippen LogP contribution in [0.25, 0.3) is 0 Å². The molecule has 1 saturated heterocycles. The van der Waals surface area contributed by atoms with Gasteiger partial charge < -0.3 is 30.1 Å². The standard InChI is InChI=1S/C24H36F4N6O4/c1-15(14-38-23(27)28)31-24-30-12-19(20(33-24)29-11-16-3-5-18(35)6-4-16)21(36)32-17-7-9-34(13-17)8-2-10-37-22(25)26/h11-12,15-18,22-23,35H,2-10,13-14H2,1H3,(H,32,36)(H,30,31,33)/t15-,16?,17-,18?/m0/s1. The van der Waals surface area contributed by atoms with Crippen molar-refractivity contribution in [1.29, 1.82) is 0 Å². The molecule has 3 rings (SSSR count). The Bertz CT molecular complexity index is 905. The smallest absolute Gasteiger partial charge is 0.345 e. The minimum absolute atomic E-state index is 0.0306. The molecule has 0 radical (unpaired) electrons. The molecule has 0 unspecified atom stereocenters. The van der Waals surface area contributed by atoms with Gasteiger partial charge in [-0.05, 0) is 51.4 Å². The summed E-state index contributed by atoms with van der Waals surface area (Å²) in [7, 11) is 0. The first-order valence-electron chi connectivity index (χ1n) is 12.9. The van der Waals surface area contributed by atoms with Crippen LogP contribution in [0.4, 0.5) is 29.3 Å². The number of rotatable bonds is 14. The number of nitrogens with one attached hydrogen (secondary N) is 2. The topological polar surface area (TPSA) is 121 Å². The molecular formula is C24H36F4N6O4. The third-order valence-electron chi connectivity index (χ3n) is 6.48. The van der Waals surface area contributed by atoms with Gasteiger partial charge in [0, 0.05) is 44.1 Å². The van der Waals surface area contributed by atoms with Gasteiger partial charge in [0.1, 0.15) is 5.56 Å². The van der Waals surface area contributed by atoms with E-state index in [9.17, 15) is 27.5 Å². The summed E-state index contributed by atoms with van der Waals surface area (Å²) in [4.78, 5) is 28.2. The van der Waals surface area contributed by atoms with Crippen molar-refractivity contribution in [3.63, 3.8) is 0 Å². The maximum absolute atomic E-state index is 13.1. The molecule has 2 heterocycles. The van der Waals surface area contributed by atoms with Crippen LogP contribution < -0.4 is 10.6 Å². The Hall–Kier alpha value is -2.42. The van der Waals surface area contributed by atoms with Crippen molar-refractivity contribution in [2.45, 2.75) is 76.9 Å².